The first-order valence-electron chi connectivity index (χ1n) is 9.75. The van der Waals surface area contributed by atoms with Gasteiger partial charge in [-0.2, -0.15) is 0 Å². The SMILES string of the molecule is Cc1ccc([C@@H]2c3[nH]c4ccccc4c3CCN2C(=O)NCC(C)C)cc1. The van der Waals surface area contributed by atoms with Gasteiger partial charge in [0.25, 0.3) is 0 Å². The molecule has 2 N–H and O–H groups in total. The first-order valence-corrected chi connectivity index (χ1v) is 9.75. The Bertz CT molecular complexity index is 955. The van der Waals surface area contributed by atoms with Crippen LogP contribution >= 0.6 is 0 Å². The number of amides is 2. The number of aromatic amines is 1. The minimum atomic E-state index is -0.0890. The average molecular weight is 361 g/mol. The van der Waals surface area contributed by atoms with Crippen LogP contribution in [0.2, 0.25) is 0 Å². The number of hydrogen-bond acceptors (Lipinski definition) is 1. The van der Waals surface area contributed by atoms with Crippen molar-refractivity contribution < 1.29 is 4.79 Å². The standard InChI is InChI=1S/C23H27N3O/c1-15(2)14-24-23(27)26-13-12-19-18-6-4-5-7-20(18)25-21(19)22(26)17-10-8-16(3)9-11-17/h4-11,15,22,25H,12-14H2,1-3H3,(H,24,27)/t22-/m1/s1. The highest BCUT2D eigenvalue weighted by Crippen LogP contribution is 2.38. The molecule has 140 valence electrons. The van der Waals surface area contributed by atoms with E-state index >= 15 is 0 Å². The summed E-state index contributed by atoms with van der Waals surface area (Å²) in [5.74, 6) is 0.431. The molecule has 0 radical (unpaired) electrons. The maximum atomic E-state index is 13.0. The summed E-state index contributed by atoms with van der Waals surface area (Å²) >= 11 is 0. The number of fused-ring (bicyclic) bond motifs is 3. The minimum absolute atomic E-state index is 0.0126. The molecule has 1 aromatic heterocycles. The van der Waals surface area contributed by atoms with Crippen LogP contribution in [0.15, 0.2) is 48.5 Å². The number of aromatic nitrogens is 1. The molecule has 0 aliphatic carbocycles. The van der Waals surface area contributed by atoms with Gasteiger partial charge in [0, 0.05) is 29.7 Å². The first kappa shape index (κ1) is 17.7. The van der Waals surface area contributed by atoms with Gasteiger partial charge in [0.05, 0.1) is 6.04 Å². The fourth-order valence-electron chi connectivity index (χ4n) is 3.95. The second kappa shape index (κ2) is 7.10. The number of para-hydroxylation sites is 1. The van der Waals surface area contributed by atoms with Crippen LogP contribution in [0, 0.1) is 12.8 Å². The summed E-state index contributed by atoms with van der Waals surface area (Å²) < 4.78 is 0. The van der Waals surface area contributed by atoms with Crippen molar-refractivity contribution in [3.05, 3.63) is 70.9 Å². The molecule has 1 atom stereocenters. The van der Waals surface area contributed by atoms with Gasteiger partial charge in [-0.3, -0.25) is 0 Å². The first-order chi connectivity index (χ1) is 13.0. The molecule has 4 heteroatoms. The summed E-state index contributed by atoms with van der Waals surface area (Å²) in [5.41, 5.74) is 5.99. The van der Waals surface area contributed by atoms with Gasteiger partial charge in [0.2, 0.25) is 0 Å². The number of nitrogens with zero attached hydrogens (tertiary/aromatic N) is 1. The number of nitrogens with one attached hydrogen (secondary N) is 2. The summed E-state index contributed by atoms with van der Waals surface area (Å²) in [6, 6.07) is 16.9. The van der Waals surface area contributed by atoms with Crippen molar-refractivity contribution in [2.45, 2.75) is 33.2 Å². The second-order valence-electron chi connectivity index (χ2n) is 7.90. The fourth-order valence-corrected chi connectivity index (χ4v) is 3.95. The van der Waals surface area contributed by atoms with Crippen molar-refractivity contribution in [1.29, 1.82) is 0 Å². The third-order valence-corrected chi connectivity index (χ3v) is 5.35. The third-order valence-electron chi connectivity index (χ3n) is 5.35. The van der Waals surface area contributed by atoms with Gasteiger partial charge in [-0.25, -0.2) is 4.79 Å². The lowest BCUT2D eigenvalue weighted by molar-refractivity contribution is 0.178. The zero-order valence-corrected chi connectivity index (χ0v) is 16.3. The van der Waals surface area contributed by atoms with E-state index < -0.39 is 0 Å². The van der Waals surface area contributed by atoms with Crippen molar-refractivity contribution in [3.8, 4) is 0 Å². The number of carbonyl (C=O) groups is 1. The average Bonchev–Trinajstić information content (AvgIpc) is 3.05. The van der Waals surface area contributed by atoms with Crippen LogP contribution in [0.25, 0.3) is 10.9 Å². The Hall–Kier alpha value is -2.75. The summed E-state index contributed by atoms with van der Waals surface area (Å²) in [6.45, 7) is 7.73. The minimum Gasteiger partial charge on any atom is -0.356 e. The molecular formula is C23H27N3O. The monoisotopic (exact) mass is 361 g/mol. The topological polar surface area (TPSA) is 48.1 Å². The fraction of sp³-hybridized carbons (Fsp3) is 0.348. The zero-order chi connectivity index (χ0) is 19.0. The van der Waals surface area contributed by atoms with E-state index in [1.54, 1.807) is 0 Å². The van der Waals surface area contributed by atoms with E-state index in [9.17, 15) is 4.79 Å². The van der Waals surface area contributed by atoms with Crippen molar-refractivity contribution >= 4 is 16.9 Å². The van der Waals surface area contributed by atoms with E-state index in [-0.39, 0.29) is 12.1 Å². The van der Waals surface area contributed by atoms with Gasteiger partial charge < -0.3 is 15.2 Å². The second-order valence-corrected chi connectivity index (χ2v) is 7.90. The summed E-state index contributed by atoms with van der Waals surface area (Å²) in [6.07, 6.45) is 0.872. The van der Waals surface area contributed by atoms with Crippen molar-refractivity contribution in [2.24, 2.45) is 5.92 Å². The lowest BCUT2D eigenvalue weighted by Gasteiger charge is -2.36. The zero-order valence-electron chi connectivity index (χ0n) is 16.3. The number of urea groups is 1. The van der Waals surface area contributed by atoms with Gasteiger partial charge in [0.1, 0.15) is 0 Å². The van der Waals surface area contributed by atoms with Gasteiger partial charge >= 0.3 is 6.03 Å². The number of rotatable bonds is 3. The van der Waals surface area contributed by atoms with Crippen LogP contribution in [-0.4, -0.2) is 29.0 Å². The summed E-state index contributed by atoms with van der Waals surface area (Å²) in [4.78, 5) is 18.6. The molecule has 0 saturated heterocycles. The van der Waals surface area contributed by atoms with Crippen LogP contribution in [-0.2, 0) is 6.42 Å². The smallest absolute Gasteiger partial charge is 0.318 e. The Kier molecular flexibility index (Phi) is 4.65. The molecule has 1 aliphatic rings. The van der Waals surface area contributed by atoms with Gasteiger partial charge in [-0.1, -0.05) is 61.9 Å². The van der Waals surface area contributed by atoms with E-state index in [1.165, 1.54) is 16.5 Å². The van der Waals surface area contributed by atoms with E-state index in [4.69, 9.17) is 0 Å². The molecular weight excluding hydrogens is 334 g/mol. The van der Waals surface area contributed by atoms with Crippen LogP contribution < -0.4 is 5.32 Å². The number of carbonyl (C=O) groups excluding carboxylic acids is 1. The molecule has 27 heavy (non-hydrogen) atoms. The Balaban J connectivity index is 1.78. The number of aryl methyl sites for hydroxylation is 1. The molecule has 2 amide bonds. The Labute approximate surface area is 160 Å². The van der Waals surface area contributed by atoms with Crippen LogP contribution in [0.4, 0.5) is 4.79 Å². The molecule has 1 aliphatic heterocycles. The van der Waals surface area contributed by atoms with Gasteiger partial charge in [-0.15, -0.1) is 0 Å². The van der Waals surface area contributed by atoms with E-state index in [1.807, 2.05) is 4.90 Å². The highest BCUT2D eigenvalue weighted by molar-refractivity contribution is 5.86. The van der Waals surface area contributed by atoms with E-state index in [2.05, 4.69) is 79.6 Å². The highest BCUT2D eigenvalue weighted by Gasteiger charge is 2.34. The van der Waals surface area contributed by atoms with Gasteiger partial charge in [0.15, 0.2) is 0 Å². The maximum absolute atomic E-state index is 13.0. The molecule has 4 rings (SSSR count). The van der Waals surface area contributed by atoms with Crippen LogP contribution in [0.5, 0.6) is 0 Å². The number of H-pyrrole nitrogens is 1. The van der Waals surface area contributed by atoms with Crippen LogP contribution in [0.3, 0.4) is 0 Å². The molecule has 0 bridgehead atoms. The summed E-state index contributed by atoms with van der Waals surface area (Å²) in [5, 5.41) is 4.37. The van der Waals surface area contributed by atoms with Crippen molar-refractivity contribution in [3.63, 3.8) is 0 Å². The molecule has 0 saturated carbocycles. The summed E-state index contributed by atoms with van der Waals surface area (Å²) in [7, 11) is 0. The molecule has 0 fully saturated rings. The number of hydrogen-bond donors (Lipinski definition) is 2. The predicted molar refractivity (Wildman–Crippen MR) is 110 cm³/mol. The normalized spacial score (nSPS) is 16.6. The lowest BCUT2D eigenvalue weighted by Crippen LogP contribution is -2.46. The largest absolute Gasteiger partial charge is 0.356 e. The van der Waals surface area contributed by atoms with Gasteiger partial charge in [-0.05, 0) is 36.5 Å². The Morgan fingerprint density at radius 1 is 1.19 bits per heavy atom. The maximum Gasteiger partial charge on any atom is 0.318 e. The molecule has 0 spiro atoms. The molecule has 2 aromatic carbocycles. The molecule has 0 unspecified atom stereocenters. The van der Waals surface area contributed by atoms with E-state index in [0.29, 0.717) is 12.5 Å². The Morgan fingerprint density at radius 3 is 2.67 bits per heavy atom. The van der Waals surface area contributed by atoms with Crippen molar-refractivity contribution in [2.75, 3.05) is 13.1 Å². The quantitative estimate of drug-likeness (QED) is 0.692. The number of benzene rings is 2. The highest BCUT2D eigenvalue weighted by atomic mass is 16.2. The van der Waals surface area contributed by atoms with Crippen LogP contribution in [0.1, 0.15) is 42.3 Å². The molecule has 4 nitrogen and oxygen atoms in total. The van der Waals surface area contributed by atoms with E-state index in [0.717, 1.165) is 29.7 Å². The molecule has 3 aromatic rings. The van der Waals surface area contributed by atoms with Crippen molar-refractivity contribution in [1.82, 2.24) is 15.2 Å². The predicted octanol–water partition coefficient (Wildman–Crippen LogP) is 4.79. The third kappa shape index (κ3) is 3.32. The molecule has 2 heterocycles. The Morgan fingerprint density at radius 2 is 1.93 bits per heavy atom. The lowest BCUT2D eigenvalue weighted by atomic mass is 9.92.